The second kappa shape index (κ2) is 7.72. The minimum atomic E-state index is -1.65. The highest BCUT2D eigenvalue weighted by Crippen LogP contribution is 2.40. The number of hydrogen-bond acceptors (Lipinski definition) is 0. The van der Waals surface area contributed by atoms with Gasteiger partial charge in [-0.15, -0.1) is 12.0 Å². The summed E-state index contributed by atoms with van der Waals surface area (Å²) in [6, 6.07) is 0. The first kappa shape index (κ1) is 16.5. The standard InChI is InChI=1S/C17H22Si/c1-8-9-10-11-12-13-14-18(15(2)3,16(4)5)17(6)7/h1,15-17H,2-7H3. The zero-order valence-electron chi connectivity index (χ0n) is 12.3. The van der Waals surface area contributed by atoms with Gasteiger partial charge in [0, 0.05) is 0 Å². The first-order chi connectivity index (χ1) is 8.39. The Labute approximate surface area is 114 Å². The van der Waals surface area contributed by atoms with E-state index < -0.39 is 8.07 Å². The Morgan fingerprint density at radius 1 is 0.667 bits per heavy atom. The van der Waals surface area contributed by atoms with Gasteiger partial charge in [-0.2, -0.15) is 0 Å². The van der Waals surface area contributed by atoms with Crippen LogP contribution in [0.15, 0.2) is 0 Å². The molecule has 0 unspecified atom stereocenters. The van der Waals surface area contributed by atoms with Gasteiger partial charge in [0.15, 0.2) is 0 Å². The first-order valence-corrected chi connectivity index (χ1v) is 8.60. The van der Waals surface area contributed by atoms with Crippen LogP contribution in [0.5, 0.6) is 0 Å². The fourth-order valence-electron chi connectivity index (χ4n) is 2.70. The predicted molar refractivity (Wildman–Crippen MR) is 83.2 cm³/mol. The lowest BCUT2D eigenvalue weighted by Crippen LogP contribution is -2.43. The maximum absolute atomic E-state index is 5.01. The molecule has 0 rings (SSSR count). The van der Waals surface area contributed by atoms with Crippen LogP contribution in [0, 0.1) is 47.5 Å². The molecular formula is C17H22Si. The summed E-state index contributed by atoms with van der Waals surface area (Å²) >= 11 is 0. The highest BCUT2D eigenvalue weighted by Gasteiger charge is 2.41. The van der Waals surface area contributed by atoms with Crippen molar-refractivity contribution in [1.82, 2.24) is 0 Å². The Bertz CT molecular complexity index is 460. The van der Waals surface area contributed by atoms with Crippen LogP contribution in [0.4, 0.5) is 0 Å². The molecule has 0 aliphatic carbocycles. The zero-order valence-corrected chi connectivity index (χ0v) is 13.3. The summed E-state index contributed by atoms with van der Waals surface area (Å²) < 4.78 is 0. The molecule has 0 aliphatic heterocycles. The van der Waals surface area contributed by atoms with Crippen molar-refractivity contribution in [2.75, 3.05) is 0 Å². The quantitative estimate of drug-likeness (QED) is 0.530. The normalized spacial score (nSPS) is 9.78. The van der Waals surface area contributed by atoms with Gasteiger partial charge in [-0.3, -0.25) is 0 Å². The molecule has 94 valence electrons. The maximum atomic E-state index is 5.01. The summed E-state index contributed by atoms with van der Waals surface area (Å²) in [5.74, 6) is 15.7. The fraction of sp³-hybridized carbons (Fsp3) is 0.529. The Kier molecular flexibility index (Phi) is 7.06. The van der Waals surface area contributed by atoms with E-state index in [1.54, 1.807) is 0 Å². The molecule has 0 aromatic carbocycles. The van der Waals surface area contributed by atoms with E-state index in [4.69, 9.17) is 6.42 Å². The second-order valence-corrected chi connectivity index (χ2v) is 10.9. The molecule has 0 saturated heterocycles. The lowest BCUT2D eigenvalue weighted by atomic mass is 10.5. The SMILES string of the molecule is C#CC#CC#CC#C[Si](C(C)C)(C(C)C)C(C)C. The van der Waals surface area contributed by atoms with Crippen LogP contribution in [-0.2, 0) is 0 Å². The Morgan fingerprint density at radius 2 is 1.06 bits per heavy atom. The second-order valence-electron chi connectivity index (χ2n) is 5.29. The van der Waals surface area contributed by atoms with Crippen LogP contribution < -0.4 is 0 Å². The molecule has 0 heterocycles. The van der Waals surface area contributed by atoms with Crippen molar-refractivity contribution in [2.24, 2.45) is 0 Å². The minimum Gasteiger partial charge on any atom is -0.116 e. The molecule has 18 heavy (non-hydrogen) atoms. The van der Waals surface area contributed by atoms with Crippen LogP contribution in [0.1, 0.15) is 41.5 Å². The number of hydrogen-bond donors (Lipinski definition) is 0. The van der Waals surface area contributed by atoms with Crippen LogP contribution in [0.2, 0.25) is 16.6 Å². The van der Waals surface area contributed by atoms with E-state index in [9.17, 15) is 0 Å². The fourth-order valence-corrected chi connectivity index (χ4v) is 7.85. The van der Waals surface area contributed by atoms with Crippen molar-refractivity contribution in [3.63, 3.8) is 0 Å². The monoisotopic (exact) mass is 254 g/mol. The van der Waals surface area contributed by atoms with Gasteiger partial charge >= 0.3 is 0 Å². The molecule has 1 heteroatoms. The predicted octanol–water partition coefficient (Wildman–Crippen LogP) is 3.85. The van der Waals surface area contributed by atoms with Crippen LogP contribution >= 0.6 is 0 Å². The molecule has 0 fully saturated rings. The van der Waals surface area contributed by atoms with Crippen LogP contribution in [0.3, 0.4) is 0 Å². The molecule has 0 aliphatic rings. The molecule has 0 bridgehead atoms. The summed E-state index contributed by atoms with van der Waals surface area (Å²) in [6.45, 7) is 13.7. The van der Waals surface area contributed by atoms with Crippen molar-refractivity contribution in [2.45, 2.75) is 58.2 Å². The maximum Gasteiger partial charge on any atom is 0.147 e. The van der Waals surface area contributed by atoms with Gasteiger partial charge in [0.25, 0.3) is 0 Å². The van der Waals surface area contributed by atoms with Gasteiger partial charge in [0.2, 0.25) is 0 Å². The van der Waals surface area contributed by atoms with Gasteiger partial charge in [0.1, 0.15) is 8.07 Å². The molecule has 0 radical (unpaired) electrons. The van der Waals surface area contributed by atoms with Gasteiger partial charge in [-0.05, 0) is 52.1 Å². The van der Waals surface area contributed by atoms with Gasteiger partial charge in [-0.25, -0.2) is 0 Å². The highest BCUT2D eigenvalue weighted by molar-refractivity contribution is 6.90. The summed E-state index contributed by atoms with van der Waals surface area (Å²) in [6.07, 6.45) is 5.01. The van der Waals surface area contributed by atoms with E-state index in [-0.39, 0.29) is 0 Å². The molecule has 0 N–H and O–H groups in total. The van der Waals surface area contributed by atoms with E-state index in [1.807, 2.05) is 0 Å². The Morgan fingerprint density at radius 3 is 1.44 bits per heavy atom. The first-order valence-electron chi connectivity index (χ1n) is 6.37. The van der Waals surface area contributed by atoms with E-state index in [0.29, 0.717) is 16.6 Å². The molecular weight excluding hydrogens is 232 g/mol. The number of rotatable bonds is 3. The van der Waals surface area contributed by atoms with Crippen molar-refractivity contribution in [1.29, 1.82) is 0 Å². The lowest BCUT2D eigenvalue weighted by molar-refractivity contribution is 0.838. The van der Waals surface area contributed by atoms with E-state index in [0.717, 1.165) is 0 Å². The van der Waals surface area contributed by atoms with Crippen LogP contribution in [-0.4, -0.2) is 8.07 Å². The summed E-state index contributed by atoms with van der Waals surface area (Å²) in [5.41, 5.74) is 5.39. The van der Waals surface area contributed by atoms with Gasteiger partial charge < -0.3 is 0 Å². The Hall–Kier alpha value is -1.54. The highest BCUT2D eigenvalue weighted by atomic mass is 28.3. The van der Waals surface area contributed by atoms with Crippen LogP contribution in [0.25, 0.3) is 0 Å². The van der Waals surface area contributed by atoms with E-state index in [2.05, 4.69) is 82.6 Å². The summed E-state index contributed by atoms with van der Waals surface area (Å²) in [4.78, 5) is 0. The third-order valence-electron chi connectivity index (χ3n) is 3.47. The number of terminal acetylenes is 1. The molecule has 0 amide bonds. The van der Waals surface area contributed by atoms with E-state index >= 15 is 0 Å². The minimum absolute atomic E-state index is 0.628. The average Bonchev–Trinajstić information content (AvgIpc) is 2.26. The smallest absolute Gasteiger partial charge is 0.116 e. The summed E-state index contributed by atoms with van der Waals surface area (Å²) in [7, 11) is -1.65. The van der Waals surface area contributed by atoms with E-state index in [1.165, 1.54) is 0 Å². The third kappa shape index (κ3) is 4.04. The average molecular weight is 254 g/mol. The van der Waals surface area contributed by atoms with Gasteiger partial charge in [0.05, 0.1) is 0 Å². The third-order valence-corrected chi connectivity index (χ3v) is 9.76. The molecule has 0 aromatic heterocycles. The largest absolute Gasteiger partial charge is 0.147 e. The molecule has 0 nitrogen and oxygen atoms in total. The van der Waals surface area contributed by atoms with Crippen molar-refractivity contribution < 1.29 is 0 Å². The molecule has 0 aromatic rings. The Balaban J connectivity index is 5.32. The molecule has 0 spiro atoms. The molecule has 0 saturated carbocycles. The molecule has 0 atom stereocenters. The summed E-state index contributed by atoms with van der Waals surface area (Å²) in [5, 5.41) is 0. The lowest BCUT2D eigenvalue weighted by Gasteiger charge is -2.37. The van der Waals surface area contributed by atoms with Crippen molar-refractivity contribution >= 4 is 8.07 Å². The topological polar surface area (TPSA) is 0 Å². The van der Waals surface area contributed by atoms with Crippen molar-refractivity contribution in [3.8, 4) is 47.5 Å². The zero-order chi connectivity index (χ0) is 14.2. The van der Waals surface area contributed by atoms with Crippen molar-refractivity contribution in [3.05, 3.63) is 0 Å². The van der Waals surface area contributed by atoms with Gasteiger partial charge in [-0.1, -0.05) is 41.5 Å².